The third-order valence-corrected chi connectivity index (χ3v) is 4.40. The maximum atomic E-state index is 6.33. The Hall–Kier alpha value is -0.690. The van der Waals surface area contributed by atoms with Gasteiger partial charge in [0.1, 0.15) is 0 Å². The Morgan fingerprint density at radius 3 is 2.94 bits per heavy atom. The summed E-state index contributed by atoms with van der Waals surface area (Å²) in [6, 6.07) is 4.01. The van der Waals surface area contributed by atoms with Gasteiger partial charge < -0.3 is 10.5 Å². The fourth-order valence-electron chi connectivity index (χ4n) is 1.79. The van der Waals surface area contributed by atoms with Crippen molar-refractivity contribution in [2.24, 2.45) is 5.73 Å². The van der Waals surface area contributed by atoms with Gasteiger partial charge in [0.15, 0.2) is 0 Å². The number of aromatic nitrogens is 2. The molecule has 18 heavy (non-hydrogen) atoms. The van der Waals surface area contributed by atoms with Gasteiger partial charge in [0.2, 0.25) is 0 Å². The van der Waals surface area contributed by atoms with Crippen LogP contribution in [0.2, 0.25) is 0 Å². The van der Waals surface area contributed by atoms with Crippen LogP contribution >= 0.6 is 27.3 Å². The predicted molar refractivity (Wildman–Crippen MR) is 76.9 cm³/mol. The molecule has 2 N–H and O–H groups in total. The molecular formula is C12H16BrN3OS. The summed E-state index contributed by atoms with van der Waals surface area (Å²) in [7, 11) is 1.68. The van der Waals surface area contributed by atoms with Crippen LogP contribution in [0.15, 0.2) is 22.8 Å². The molecule has 0 bridgehead atoms. The molecule has 0 aliphatic heterocycles. The highest BCUT2D eigenvalue weighted by Crippen LogP contribution is 2.30. The second-order valence-electron chi connectivity index (χ2n) is 4.02. The van der Waals surface area contributed by atoms with E-state index in [2.05, 4.69) is 40.1 Å². The predicted octanol–water partition coefficient (Wildman–Crippen LogP) is 2.71. The average molecular weight is 330 g/mol. The number of ether oxygens (including phenoxy) is 1. The monoisotopic (exact) mass is 329 g/mol. The fourth-order valence-corrected chi connectivity index (χ4v) is 3.22. The van der Waals surface area contributed by atoms with Crippen LogP contribution in [0.1, 0.15) is 21.5 Å². The van der Waals surface area contributed by atoms with Gasteiger partial charge in [0, 0.05) is 16.9 Å². The number of aryl methyl sites for hydroxylation is 1. The minimum Gasteiger partial charge on any atom is -0.383 e. The number of nitrogens with zero attached hydrogens (tertiary/aromatic N) is 2. The lowest BCUT2D eigenvalue weighted by Crippen LogP contribution is -2.18. The zero-order valence-corrected chi connectivity index (χ0v) is 12.8. The third kappa shape index (κ3) is 2.83. The number of thiophene rings is 1. The first-order valence-corrected chi connectivity index (χ1v) is 7.26. The molecule has 0 fully saturated rings. The van der Waals surface area contributed by atoms with Crippen LogP contribution in [-0.2, 0) is 11.3 Å². The summed E-state index contributed by atoms with van der Waals surface area (Å²) in [5.74, 6) is 0. The smallest absolute Gasteiger partial charge is 0.0828 e. The van der Waals surface area contributed by atoms with E-state index in [0.29, 0.717) is 13.2 Å². The molecule has 2 rings (SSSR count). The molecule has 0 aliphatic carbocycles. The van der Waals surface area contributed by atoms with Crippen molar-refractivity contribution >= 4 is 27.3 Å². The molecular weight excluding hydrogens is 314 g/mol. The van der Waals surface area contributed by atoms with E-state index >= 15 is 0 Å². The first-order valence-electron chi connectivity index (χ1n) is 5.65. The van der Waals surface area contributed by atoms with E-state index < -0.39 is 0 Å². The van der Waals surface area contributed by atoms with E-state index in [-0.39, 0.29) is 6.04 Å². The second kappa shape index (κ2) is 5.97. The highest BCUT2D eigenvalue weighted by molar-refractivity contribution is 9.10. The van der Waals surface area contributed by atoms with Crippen molar-refractivity contribution in [1.29, 1.82) is 0 Å². The fraction of sp³-hybridized carbons (Fsp3) is 0.417. The van der Waals surface area contributed by atoms with Crippen molar-refractivity contribution in [1.82, 2.24) is 9.78 Å². The summed E-state index contributed by atoms with van der Waals surface area (Å²) in [5, 5.41) is 4.32. The molecule has 2 aromatic rings. The zero-order chi connectivity index (χ0) is 13.1. The van der Waals surface area contributed by atoms with Gasteiger partial charge in [-0.15, -0.1) is 11.3 Å². The molecule has 0 aromatic carbocycles. The van der Waals surface area contributed by atoms with Gasteiger partial charge in [0.25, 0.3) is 0 Å². The zero-order valence-electron chi connectivity index (χ0n) is 10.4. The quantitative estimate of drug-likeness (QED) is 0.917. The molecule has 0 aliphatic rings. The number of halogens is 1. The molecule has 0 spiro atoms. The number of rotatable bonds is 5. The van der Waals surface area contributed by atoms with Crippen LogP contribution in [0.5, 0.6) is 0 Å². The van der Waals surface area contributed by atoms with Gasteiger partial charge >= 0.3 is 0 Å². The summed E-state index contributed by atoms with van der Waals surface area (Å²) in [4.78, 5) is 2.41. The first-order chi connectivity index (χ1) is 8.63. The van der Waals surface area contributed by atoms with Crippen molar-refractivity contribution in [2.75, 3.05) is 13.7 Å². The Labute approximate surface area is 119 Å². The van der Waals surface area contributed by atoms with E-state index in [1.54, 1.807) is 24.6 Å². The lowest BCUT2D eigenvalue weighted by molar-refractivity contribution is 0.182. The summed E-state index contributed by atoms with van der Waals surface area (Å²) < 4.78 is 7.92. The van der Waals surface area contributed by atoms with Crippen molar-refractivity contribution < 1.29 is 4.74 Å². The van der Waals surface area contributed by atoms with Gasteiger partial charge in [-0.05, 0) is 35.0 Å². The average Bonchev–Trinajstić information content (AvgIpc) is 2.92. The SMILES string of the molecule is COCCn1ncc(Br)c1C(N)c1ccc(C)s1. The second-order valence-corrected chi connectivity index (χ2v) is 6.19. The number of methoxy groups -OCH3 is 1. The Morgan fingerprint density at radius 2 is 2.33 bits per heavy atom. The molecule has 0 amide bonds. The summed E-state index contributed by atoms with van der Waals surface area (Å²) in [6.45, 7) is 3.41. The molecule has 6 heteroatoms. The van der Waals surface area contributed by atoms with Crippen LogP contribution < -0.4 is 5.73 Å². The Bertz CT molecular complexity index is 523. The molecule has 2 heterocycles. The van der Waals surface area contributed by atoms with Crippen molar-refractivity contribution in [3.05, 3.63) is 38.3 Å². The summed E-state index contributed by atoms with van der Waals surface area (Å²) >= 11 is 5.23. The number of hydrogen-bond donors (Lipinski definition) is 1. The van der Waals surface area contributed by atoms with Crippen molar-refractivity contribution in [3.63, 3.8) is 0 Å². The number of hydrogen-bond acceptors (Lipinski definition) is 4. The van der Waals surface area contributed by atoms with Crippen LogP contribution in [0.25, 0.3) is 0 Å². The molecule has 0 saturated carbocycles. The van der Waals surface area contributed by atoms with Crippen LogP contribution in [-0.4, -0.2) is 23.5 Å². The maximum Gasteiger partial charge on any atom is 0.0828 e. The largest absolute Gasteiger partial charge is 0.383 e. The molecule has 4 nitrogen and oxygen atoms in total. The first kappa shape index (κ1) is 13.7. The lowest BCUT2D eigenvalue weighted by Gasteiger charge is -2.13. The van der Waals surface area contributed by atoms with Gasteiger partial charge in [-0.25, -0.2) is 0 Å². The van der Waals surface area contributed by atoms with Gasteiger partial charge in [-0.2, -0.15) is 5.10 Å². The molecule has 2 aromatic heterocycles. The standard InChI is InChI=1S/C12H16BrN3OS/c1-8-3-4-10(18-8)11(14)12-9(13)7-15-16(12)5-6-17-2/h3-4,7,11H,5-6,14H2,1-2H3. The normalized spacial score (nSPS) is 12.9. The molecule has 0 saturated heterocycles. The minimum atomic E-state index is -0.155. The topological polar surface area (TPSA) is 53.1 Å². The summed E-state index contributed by atoms with van der Waals surface area (Å²) in [5.41, 5.74) is 7.32. The van der Waals surface area contributed by atoms with Gasteiger partial charge in [-0.1, -0.05) is 0 Å². The third-order valence-electron chi connectivity index (χ3n) is 2.70. The van der Waals surface area contributed by atoms with Gasteiger partial charge in [0.05, 0.1) is 35.6 Å². The Balaban J connectivity index is 2.28. The Morgan fingerprint density at radius 1 is 1.56 bits per heavy atom. The van der Waals surface area contributed by atoms with E-state index in [1.807, 2.05) is 4.68 Å². The van der Waals surface area contributed by atoms with Gasteiger partial charge in [-0.3, -0.25) is 4.68 Å². The molecule has 1 unspecified atom stereocenters. The van der Waals surface area contributed by atoms with E-state index in [1.165, 1.54) is 4.88 Å². The van der Waals surface area contributed by atoms with Crippen molar-refractivity contribution in [2.45, 2.75) is 19.5 Å². The van der Waals surface area contributed by atoms with Crippen molar-refractivity contribution in [3.8, 4) is 0 Å². The van der Waals surface area contributed by atoms with E-state index in [4.69, 9.17) is 10.5 Å². The Kier molecular flexibility index (Phi) is 4.55. The number of nitrogens with two attached hydrogens (primary N) is 1. The molecule has 98 valence electrons. The van der Waals surface area contributed by atoms with E-state index in [9.17, 15) is 0 Å². The molecule has 1 atom stereocenters. The van der Waals surface area contributed by atoms with Crippen LogP contribution in [0.3, 0.4) is 0 Å². The minimum absolute atomic E-state index is 0.155. The summed E-state index contributed by atoms with van der Waals surface area (Å²) in [6.07, 6.45) is 1.78. The molecule has 0 radical (unpaired) electrons. The maximum absolute atomic E-state index is 6.33. The van der Waals surface area contributed by atoms with E-state index in [0.717, 1.165) is 15.0 Å². The lowest BCUT2D eigenvalue weighted by atomic mass is 10.2. The highest BCUT2D eigenvalue weighted by atomic mass is 79.9. The van der Waals surface area contributed by atoms with Crippen LogP contribution in [0, 0.1) is 6.92 Å². The highest BCUT2D eigenvalue weighted by Gasteiger charge is 2.19. The van der Waals surface area contributed by atoms with Crippen LogP contribution in [0.4, 0.5) is 0 Å².